The van der Waals surface area contributed by atoms with Crippen LogP contribution >= 0.6 is 0 Å². The maximum Gasteiger partial charge on any atom is 0.131 e. The highest BCUT2D eigenvalue weighted by Gasteiger charge is 2.08. The number of rotatable bonds is 4. The summed E-state index contributed by atoms with van der Waals surface area (Å²) in [5.41, 5.74) is 2.74. The van der Waals surface area contributed by atoms with Crippen LogP contribution in [0.2, 0.25) is 0 Å². The lowest BCUT2D eigenvalue weighted by atomic mass is 10.0. The third kappa shape index (κ3) is 3.42. The van der Waals surface area contributed by atoms with Crippen LogP contribution in [-0.4, -0.2) is 6.04 Å². The van der Waals surface area contributed by atoms with Crippen molar-refractivity contribution in [3.63, 3.8) is 0 Å². The molecule has 0 spiro atoms. The van der Waals surface area contributed by atoms with E-state index in [1.165, 1.54) is 12.1 Å². The number of hydrogen-bond acceptors (Lipinski definition) is 1. The molecule has 0 aliphatic heterocycles. The van der Waals surface area contributed by atoms with Crippen molar-refractivity contribution in [3.05, 3.63) is 59.2 Å². The van der Waals surface area contributed by atoms with Crippen LogP contribution in [0.4, 0.5) is 8.78 Å². The lowest BCUT2D eigenvalue weighted by Gasteiger charge is -2.11. The summed E-state index contributed by atoms with van der Waals surface area (Å²) in [4.78, 5) is 0. The maximum absolute atomic E-state index is 14.0. The molecule has 0 aliphatic carbocycles. The fourth-order valence-electron chi connectivity index (χ4n) is 2.04. The van der Waals surface area contributed by atoms with E-state index in [1.807, 2.05) is 6.07 Å². The zero-order chi connectivity index (χ0) is 14.7. The first-order valence-corrected chi connectivity index (χ1v) is 6.75. The van der Waals surface area contributed by atoms with Crippen molar-refractivity contribution in [1.82, 2.24) is 5.32 Å². The lowest BCUT2D eigenvalue weighted by Crippen LogP contribution is -2.21. The smallest absolute Gasteiger partial charge is 0.131 e. The summed E-state index contributed by atoms with van der Waals surface area (Å²) in [6.45, 7) is 6.49. The summed E-state index contributed by atoms with van der Waals surface area (Å²) in [6.07, 6.45) is 0. The van der Waals surface area contributed by atoms with Crippen LogP contribution in [-0.2, 0) is 6.54 Å². The van der Waals surface area contributed by atoms with Gasteiger partial charge in [0.2, 0.25) is 0 Å². The van der Waals surface area contributed by atoms with Crippen LogP contribution < -0.4 is 5.32 Å². The van der Waals surface area contributed by atoms with Crippen LogP contribution in [0.25, 0.3) is 11.1 Å². The predicted octanol–water partition coefficient (Wildman–Crippen LogP) is 4.44. The Balaban J connectivity index is 2.34. The molecule has 2 rings (SSSR count). The largest absolute Gasteiger partial charge is 0.310 e. The number of aryl methyl sites for hydroxylation is 1. The molecular weight excluding hydrogens is 256 g/mol. The normalized spacial score (nSPS) is 11.1. The summed E-state index contributed by atoms with van der Waals surface area (Å²) in [6, 6.07) is 10.1. The molecule has 0 saturated carbocycles. The SMILES string of the molecule is Cc1cc(-c2cc(CNC(C)C)ccc2F)ccc1F. The molecule has 0 aromatic heterocycles. The van der Waals surface area contributed by atoms with Crippen LogP contribution in [0.1, 0.15) is 25.0 Å². The molecular formula is C17H19F2N. The van der Waals surface area contributed by atoms with Gasteiger partial charge in [0.15, 0.2) is 0 Å². The van der Waals surface area contributed by atoms with Gasteiger partial charge in [-0.05, 0) is 47.9 Å². The molecule has 1 nitrogen and oxygen atoms in total. The fourth-order valence-corrected chi connectivity index (χ4v) is 2.04. The maximum atomic E-state index is 14.0. The van der Waals surface area contributed by atoms with Crippen molar-refractivity contribution in [2.75, 3.05) is 0 Å². The number of nitrogens with one attached hydrogen (secondary N) is 1. The molecule has 0 atom stereocenters. The van der Waals surface area contributed by atoms with Crippen LogP contribution in [0.15, 0.2) is 36.4 Å². The molecule has 106 valence electrons. The van der Waals surface area contributed by atoms with E-state index in [2.05, 4.69) is 19.2 Å². The molecule has 0 bridgehead atoms. The number of benzene rings is 2. The Morgan fingerprint density at radius 3 is 2.35 bits per heavy atom. The van der Waals surface area contributed by atoms with Crippen molar-refractivity contribution in [3.8, 4) is 11.1 Å². The summed E-state index contributed by atoms with van der Waals surface area (Å²) in [5.74, 6) is -0.559. The van der Waals surface area contributed by atoms with Crippen molar-refractivity contribution < 1.29 is 8.78 Å². The van der Waals surface area contributed by atoms with Gasteiger partial charge in [-0.15, -0.1) is 0 Å². The minimum atomic E-state index is -0.288. The minimum absolute atomic E-state index is 0.271. The monoisotopic (exact) mass is 275 g/mol. The first kappa shape index (κ1) is 14.7. The molecule has 2 aromatic rings. The quantitative estimate of drug-likeness (QED) is 0.870. The number of hydrogen-bond donors (Lipinski definition) is 1. The van der Waals surface area contributed by atoms with E-state index in [-0.39, 0.29) is 11.6 Å². The summed E-state index contributed by atoms with van der Waals surface area (Å²) >= 11 is 0. The van der Waals surface area contributed by atoms with Gasteiger partial charge < -0.3 is 5.32 Å². The van der Waals surface area contributed by atoms with Gasteiger partial charge in [0.25, 0.3) is 0 Å². The summed E-state index contributed by atoms with van der Waals surface area (Å²) in [7, 11) is 0. The molecule has 2 aromatic carbocycles. The Morgan fingerprint density at radius 2 is 1.70 bits per heavy atom. The van der Waals surface area contributed by atoms with Gasteiger partial charge in [-0.25, -0.2) is 8.78 Å². The second kappa shape index (κ2) is 6.14. The highest BCUT2D eigenvalue weighted by Crippen LogP contribution is 2.25. The first-order valence-electron chi connectivity index (χ1n) is 6.75. The summed E-state index contributed by atoms with van der Waals surface area (Å²) < 4.78 is 27.3. The zero-order valence-electron chi connectivity index (χ0n) is 12.0. The zero-order valence-corrected chi connectivity index (χ0v) is 12.0. The first-order chi connectivity index (χ1) is 9.47. The fraction of sp³-hybridized carbons (Fsp3) is 0.294. The van der Waals surface area contributed by atoms with Crippen molar-refractivity contribution >= 4 is 0 Å². The van der Waals surface area contributed by atoms with Crippen LogP contribution in [0.5, 0.6) is 0 Å². The molecule has 0 amide bonds. The van der Waals surface area contributed by atoms with Gasteiger partial charge in [0.05, 0.1) is 0 Å². The van der Waals surface area contributed by atoms with E-state index in [9.17, 15) is 8.78 Å². The Morgan fingerprint density at radius 1 is 1.00 bits per heavy atom. The van der Waals surface area contributed by atoms with Gasteiger partial charge >= 0.3 is 0 Å². The van der Waals surface area contributed by atoms with Gasteiger partial charge in [-0.3, -0.25) is 0 Å². The Bertz CT molecular complexity index is 606. The Labute approximate surface area is 118 Å². The average Bonchev–Trinajstić information content (AvgIpc) is 2.41. The van der Waals surface area contributed by atoms with E-state index in [1.54, 1.807) is 25.1 Å². The molecule has 0 unspecified atom stereocenters. The molecule has 0 heterocycles. The summed E-state index contributed by atoms with van der Waals surface area (Å²) in [5, 5.41) is 3.30. The van der Waals surface area contributed by atoms with Gasteiger partial charge in [0, 0.05) is 18.2 Å². The molecule has 3 heteroatoms. The van der Waals surface area contributed by atoms with E-state index >= 15 is 0 Å². The second-order valence-corrected chi connectivity index (χ2v) is 5.31. The van der Waals surface area contributed by atoms with E-state index in [0.29, 0.717) is 29.3 Å². The molecule has 0 radical (unpaired) electrons. The number of halogens is 2. The molecule has 0 fully saturated rings. The molecule has 0 aliphatic rings. The van der Waals surface area contributed by atoms with E-state index < -0.39 is 0 Å². The standard InChI is InChI=1S/C17H19F2N/c1-11(2)20-10-13-4-6-17(19)15(9-13)14-5-7-16(18)12(3)8-14/h4-9,11,20H,10H2,1-3H3. The van der Waals surface area contributed by atoms with Gasteiger partial charge in [-0.1, -0.05) is 26.0 Å². The Kier molecular flexibility index (Phi) is 4.50. The Hall–Kier alpha value is -1.74. The lowest BCUT2D eigenvalue weighted by molar-refractivity contribution is 0.586. The average molecular weight is 275 g/mol. The molecule has 20 heavy (non-hydrogen) atoms. The predicted molar refractivity (Wildman–Crippen MR) is 78.5 cm³/mol. The van der Waals surface area contributed by atoms with Crippen LogP contribution in [0, 0.1) is 18.6 Å². The van der Waals surface area contributed by atoms with E-state index in [0.717, 1.165) is 5.56 Å². The highest BCUT2D eigenvalue weighted by molar-refractivity contribution is 5.65. The topological polar surface area (TPSA) is 12.0 Å². The van der Waals surface area contributed by atoms with Crippen molar-refractivity contribution in [1.29, 1.82) is 0 Å². The van der Waals surface area contributed by atoms with Gasteiger partial charge in [-0.2, -0.15) is 0 Å². The van der Waals surface area contributed by atoms with E-state index in [4.69, 9.17) is 0 Å². The van der Waals surface area contributed by atoms with Gasteiger partial charge in [0.1, 0.15) is 11.6 Å². The third-order valence-corrected chi connectivity index (χ3v) is 3.21. The third-order valence-electron chi connectivity index (χ3n) is 3.21. The second-order valence-electron chi connectivity index (χ2n) is 5.31. The van der Waals surface area contributed by atoms with Crippen LogP contribution in [0.3, 0.4) is 0 Å². The van der Waals surface area contributed by atoms with Crippen molar-refractivity contribution in [2.24, 2.45) is 0 Å². The molecule has 1 N–H and O–H groups in total. The molecule has 0 saturated heterocycles. The van der Waals surface area contributed by atoms with Crippen molar-refractivity contribution in [2.45, 2.75) is 33.4 Å². The minimum Gasteiger partial charge on any atom is -0.310 e. The highest BCUT2D eigenvalue weighted by atomic mass is 19.1.